The fraction of sp³-hybridized carbons (Fsp3) is 0.429. The monoisotopic (exact) mass is 250 g/mol. The molecule has 1 heterocycles. The molecule has 1 aliphatic heterocycles. The molecular weight excluding hydrogens is 232 g/mol. The van der Waals surface area contributed by atoms with Crippen molar-refractivity contribution in [2.75, 3.05) is 19.8 Å². The van der Waals surface area contributed by atoms with Crippen molar-refractivity contribution in [3.8, 4) is 0 Å². The van der Waals surface area contributed by atoms with Crippen LogP contribution in [-0.4, -0.2) is 24.6 Å². The lowest BCUT2D eigenvalue weighted by atomic mass is 10.1. The summed E-state index contributed by atoms with van der Waals surface area (Å²) in [5.41, 5.74) is 0. The van der Waals surface area contributed by atoms with Gasteiger partial charge in [-0.05, 0) is 25.1 Å². The van der Waals surface area contributed by atoms with Crippen LogP contribution in [0.4, 0.5) is 0 Å². The molecule has 1 aromatic carbocycles. The summed E-state index contributed by atoms with van der Waals surface area (Å²) in [5.74, 6) is 0. The highest BCUT2D eigenvalue weighted by molar-refractivity contribution is 8.00. The van der Waals surface area contributed by atoms with Crippen molar-refractivity contribution in [3.05, 3.63) is 42.7 Å². The van der Waals surface area contributed by atoms with Crippen molar-refractivity contribution in [1.29, 1.82) is 0 Å². The van der Waals surface area contributed by atoms with Gasteiger partial charge in [-0.1, -0.05) is 18.2 Å². The molecule has 2 nitrogen and oxygen atoms in total. The van der Waals surface area contributed by atoms with Crippen LogP contribution < -0.4 is 0 Å². The highest BCUT2D eigenvalue weighted by Gasteiger charge is 2.31. The molecule has 0 N–H and O–H groups in total. The van der Waals surface area contributed by atoms with Crippen molar-refractivity contribution in [3.63, 3.8) is 0 Å². The summed E-state index contributed by atoms with van der Waals surface area (Å²) in [4.78, 5) is 1.28. The first-order valence-electron chi connectivity index (χ1n) is 5.96. The lowest BCUT2D eigenvalue weighted by Gasteiger charge is -2.32. The largest absolute Gasteiger partial charge is 0.501 e. The molecule has 0 amide bonds. The fourth-order valence-corrected chi connectivity index (χ4v) is 3.00. The summed E-state index contributed by atoms with van der Waals surface area (Å²) in [5, 5.41) is 0. The van der Waals surface area contributed by atoms with Gasteiger partial charge in [-0.3, -0.25) is 0 Å². The van der Waals surface area contributed by atoms with Gasteiger partial charge in [0.05, 0.1) is 24.2 Å². The fourth-order valence-electron chi connectivity index (χ4n) is 1.79. The molecular formula is C14H18O2S. The van der Waals surface area contributed by atoms with Gasteiger partial charge in [0.15, 0.2) is 0 Å². The topological polar surface area (TPSA) is 18.5 Å². The van der Waals surface area contributed by atoms with Crippen LogP contribution in [0.3, 0.4) is 0 Å². The summed E-state index contributed by atoms with van der Waals surface area (Å²) >= 11 is 1.86. The number of thioether (sulfide) groups is 1. The Kier molecular flexibility index (Phi) is 4.51. The normalized spacial score (nSPS) is 23.4. The van der Waals surface area contributed by atoms with Gasteiger partial charge >= 0.3 is 0 Å². The van der Waals surface area contributed by atoms with Crippen LogP contribution in [-0.2, 0) is 9.47 Å². The molecule has 0 saturated heterocycles. The predicted octanol–water partition coefficient (Wildman–Crippen LogP) is 3.49. The second-order valence-electron chi connectivity index (χ2n) is 4.04. The average molecular weight is 250 g/mol. The zero-order valence-corrected chi connectivity index (χ0v) is 10.9. The Hall–Kier alpha value is -0.930. The Morgan fingerprint density at radius 1 is 1.35 bits per heavy atom. The van der Waals surface area contributed by atoms with Gasteiger partial charge in [-0.25, -0.2) is 0 Å². The van der Waals surface area contributed by atoms with Gasteiger partial charge in [0.25, 0.3) is 0 Å². The summed E-state index contributed by atoms with van der Waals surface area (Å²) in [6.45, 7) is 4.29. The van der Waals surface area contributed by atoms with E-state index in [2.05, 4.69) is 30.3 Å². The standard InChI is InChI=1S/C14H18O2S/c1-2-15-12-14(8-10-16-11-9-14)17-13-6-4-3-5-7-13/h3-8,10H,2,9,11-12H2,1H3. The molecule has 0 radical (unpaired) electrons. The van der Waals surface area contributed by atoms with Crippen molar-refractivity contribution in [2.24, 2.45) is 0 Å². The molecule has 1 atom stereocenters. The van der Waals surface area contributed by atoms with E-state index < -0.39 is 0 Å². The molecule has 0 aromatic heterocycles. The van der Waals surface area contributed by atoms with Gasteiger partial charge in [-0.2, -0.15) is 0 Å². The summed E-state index contributed by atoms with van der Waals surface area (Å²) in [6, 6.07) is 10.5. The molecule has 1 unspecified atom stereocenters. The first-order valence-corrected chi connectivity index (χ1v) is 6.77. The van der Waals surface area contributed by atoms with E-state index in [1.165, 1.54) is 4.90 Å². The minimum absolute atomic E-state index is 0.0234. The van der Waals surface area contributed by atoms with Crippen LogP contribution in [0.25, 0.3) is 0 Å². The minimum atomic E-state index is 0.0234. The van der Waals surface area contributed by atoms with Crippen LogP contribution in [0, 0.1) is 0 Å². The Morgan fingerprint density at radius 2 is 2.18 bits per heavy atom. The number of hydrogen-bond acceptors (Lipinski definition) is 3. The van der Waals surface area contributed by atoms with Gasteiger partial charge in [-0.15, -0.1) is 11.8 Å². The average Bonchev–Trinajstić information content (AvgIpc) is 2.39. The Balaban J connectivity index is 2.10. The van der Waals surface area contributed by atoms with Crippen molar-refractivity contribution >= 4 is 11.8 Å². The van der Waals surface area contributed by atoms with Crippen molar-refractivity contribution in [1.82, 2.24) is 0 Å². The SMILES string of the molecule is CCOCC1(Sc2ccccc2)C=COCC1. The van der Waals surface area contributed by atoms with E-state index in [1.54, 1.807) is 6.26 Å². The molecule has 0 spiro atoms. The molecule has 0 fully saturated rings. The molecule has 2 rings (SSSR count). The molecule has 3 heteroatoms. The second kappa shape index (κ2) is 6.12. The molecule has 92 valence electrons. The first-order chi connectivity index (χ1) is 8.35. The minimum Gasteiger partial charge on any atom is -0.501 e. The van der Waals surface area contributed by atoms with Gasteiger partial charge in [0.2, 0.25) is 0 Å². The zero-order chi connectivity index (χ0) is 12.0. The van der Waals surface area contributed by atoms with Crippen LogP contribution in [0.2, 0.25) is 0 Å². The maximum atomic E-state index is 5.62. The van der Waals surface area contributed by atoms with E-state index in [-0.39, 0.29) is 4.75 Å². The highest BCUT2D eigenvalue weighted by Crippen LogP contribution is 2.38. The zero-order valence-electron chi connectivity index (χ0n) is 10.1. The van der Waals surface area contributed by atoms with Gasteiger partial charge in [0, 0.05) is 17.9 Å². The third kappa shape index (κ3) is 3.51. The Labute approximate surface area is 107 Å². The van der Waals surface area contributed by atoms with E-state index in [0.29, 0.717) is 0 Å². The lowest BCUT2D eigenvalue weighted by Crippen LogP contribution is -2.32. The molecule has 1 aromatic rings. The van der Waals surface area contributed by atoms with E-state index in [4.69, 9.17) is 9.47 Å². The van der Waals surface area contributed by atoms with E-state index in [9.17, 15) is 0 Å². The molecule has 1 aliphatic rings. The number of benzene rings is 1. The summed E-state index contributed by atoms with van der Waals surface area (Å²) in [7, 11) is 0. The van der Waals surface area contributed by atoms with E-state index in [1.807, 2.05) is 24.8 Å². The molecule has 0 saturated carbocycles. The van der Waals surface area contributed by atoms with E-state index >= 15 is 0 Å². The summed E-state index contributed by atoms with van der Waals surface area (Å²) in [6.07, 6.45) is 4.92. The van der Waals surface area contributed by atoms with Crippen LogP contribution in [0.5, 0.6) is 0 Å². The van der Waals surface area contributed by atoms with Crippen LogP contribution in [0.15, 0.2) is 47.6 Å². The van der Waals surface area contributed by atoms with Crippen LogP contribution in [0.1, 0.15) is 13.3 Å². The molecule has 17 heavy (non-hydrogen) atoms. The molecule has 0 aliphatic carbocycles. The lowest BCUT2D eigenvalue weighted by molar-refractivity contribution is 0.113. The maximum absolute atomic E-state index is 5.62. The smallest absolute Gasteiger partial charge is 0.0890 e. The summed E-state index contributed by atoms with van der Waals surface area (Å²) < 4.78 is 10.9. The highest BCUT2D eigenvalue weighted by atomic mass is 32.2. The second-order valence-corrected chi connectivity index (χ2v) is 5.53. The third-order valence-corrected chi connectivity index (χ3v) is 4.10. The number of hydrogen-bond donors (Lipinski definition) is 0. The van der Waals surface area contributed by atoms with E-state index in [0.717, 1.165) is 26.2 Å². The van der Waals surface area contributed by atoms with Crippen molar-refractivity contribution < 1.29 is 9.47 Å². The number of ether oxygens (including phenoxy) is 2. The molecule has 0 bridgehead atoms. The number of rotatable bonds is 5. The van der Waals surface area contributed by atoms with Gasteiger partial charge < -0.3 is 9.47 Å². The van der Waals surface area contributed by atoms with Crippen molar-refractivity contribution in [2.45, 2.75) is 23.0 Å². The predicted molar refractivity (Wildman–Crippen MR) is 71.2 cm³/mol. The van der Waals surface area contributed by atoms with Crippen LogP contribution >= 0.6 is 11.8 Å². The Morgan fingerprint density at radius 3 is 2.82 bits per heavy atom. The maximum Gasteiger partial charge on any atom is 0.0890 e. The van der Waals surface area contributed by atoms with Gasteiger partial charge in [0.1, 0.15) is 0 Å². The Bertz CT molecular complexity index is 364. The first kappa shape index (κ1) is 12.5. The quantitative estimate of drug-likeness (QED) is 0.797. The third-order valence-electron chi connectivity index (χ3n) is 2.73.